The number of hydrogen-bond donors (Lipinski definition) is 0. The average Bonchev–Trinajstić information content (AvgIpc) is 2.72. The molecule has 0 unspecified atom stereocenters. The zero-order valence-corrected chi connectivity index (χ0v) is 17.3. The van der Waals surface area contributed by atoms with Crippen molar-refractivity contribution in [3.63, 3.8) is 0 Å². The molecule has 0 aliphatic carbocycles. The van der Waals surface area contributed by atoms with Gasteiger partial charge >= 0.3 is 18.2 Å². The van der Waals surface area contributed by atoms with Gasteiger partial charge in [-0.05, 0) is 24.6 Å². The number of carbonyl (C=O) groups excluding carboxylic acids is 1. The molecule has 0 radical (unpaired) electrons. The highest BCUT2D eigenvalue weighted by atomic mass is 35.5. The van der Waals surface area contributed by atoms with E-state index in [4.69, 9.17) is 25.5 Å². The number of halogens is 3. The predicted molar refractivity (Wildman–Crippen MR) is 108 cm³/mol. The summed E-state index contributed by atoms with van der Waals surface area (Å²) < 4.78 is 44.5. The molecule has 0 atom stereocenters. The summed E-state index contributed by atoms with van der Waals surface area (Å²) in [5, 5.41) is 12.2. The molecule has 3 aromatic rings. The molecule has 0 N–H and O–H groups in total. The number of esters is 1. The Hall–Kier alpha value is -3.73. The first-order valence-electron chi connectivity index (χ1n) is 8.82. The molecule has 1 aromatic heterocycles. The van der Waals surface area contributed by atoms with Gasteiger partial charge in [0.2, 0.25) is 0 Å². The molecule has 0 saturated carbocycles. The van der Waals surface area contributed by atoms with E-state index in [1.165, 1.54) is 6.07 Å². The molecule has 9 nitrogen and oxygen atoms in total. The Morgan fingerprint density at radius 1 is 1.22 bits per heavy atom. The van der Waals surface area contributed by atoms with Gasteiger partial charge in [0.15, 0.2) is 11.5 Å². The lowest BCUT2D eigenvalue weighted by molar-refractivity contribution is -0.385. The first-order valence-corrected chi connectivity index (χ1v) is 9.19. The number of carbonyl (C=O) groups is 1. The van der Waals surface area contributed by atoms with E-state index in [0.29, 0.717) is 22.0 Å². The Morgan fingerprint density at radius 2 is 1.94 bits per heavy atom. The summed E-state index contributed by atoms with van der Waals surface area (Å²) in [5.74, 6) is -2.11. The van der Waals surface area contributed by atoms with Gasteiger partial charge in [-0.3, -0.25) is 10.1 Å². The van der Waals surface area contributed by atoms with Crippen LogP contribution in [0.3, 0.4) is 0 Å². The Morgan fingerprint density at radius 3 is 2.56 bits per heavy atom. The minimum atomic E-state index is -3.27. The van der Waals surface area contributed by atoms with Crippen molar-refractivity contribution >= 4 is 34.2 Å². The number of hydrogen-bond acceptors (Lipinski definition) is 8. The van der Waals surface area contributed by atoms with Gasteiger partial charge in [0.25, 0.3) is 5.69 Å². The maximum absolute atomic E-state index is 12.6. The van der Waals surface area contributed by atoms with E-state index >= 15 is 0 Å². The molecule has 0 saturated heterocycles. The topological polar surface area (TPSA) is 118 Å². The summed E-state index contributed by atoms with van der Waals surface area (Å²) in [5.41, 5.74) is -0.973. The van der Waals surface area contributed by atoms with Gasteiger partial charge in [-0.1, -0.05) is 11.6 Å². The summed E-state index contributed by atoms with van der Waals surface area (Å²) in [6.07, 6.45) is 0. The minimum absolute atomic E-state index is 0.214. The largest absolute Gasteiger partial charge is 0.493 e. The molecule has 2 aromatic carbocycles. The summed E-state index contributed by atoms with van der Waals surface area (Å²) >= 11 is 6.12. The van der Waals surface area contributed by atoms with Crippen LogP contribution in [0.15, 0.2) is 39.5 Å². The van der Waals surface area contributed by atoms with Gasteiger partial charge in [-0.15, -0.1) is 0 Å². The van der Waals surface area contributed by atoms with Gasteiger partial charge in [-0.25, -0.2) is 9.59 Å². The highest BCUT2D eigenvalue weighted by Gasteiger charge is 2.27. The van der Waals surface area contributed by atoms with Crippen molar-refractivity contribution in [2.24, 2.45) is 0 Å². The van der Waals surface area contributed by atoms with Crippen LogP contribution in [0.2, 0.25) is 5.02 Å². The molecule has 0 spiro atoms. The first-order chi connectivity index (χ1) is 15.1. The third-order valence-electron chi connectivity index (χ3n) is 4.38. The van der Waals surface area contributed by atoms with Crippen LogP contribution in [0.5, 0.6) is 11.5 Å². The number of nitro groups is 1. The second-order valence-corrected chi connectivity index (χ2v) is 6.83. The van der Waals surface area contributed by atoms with Gasteiger partial charge < -0.3 is 18.6 Å². The van der Waals surface area contributed by atoms with E-state index in [1.807, 2.05) is 0 Å². The molecule has 168 valence electrons. The maximum atomic E-state index is 12.6. The first kappa shape index (κ1) is 22.9. The van der Waals surface area contributed by atoms with Crippen LogP contribution in [0, 0.1) is 17.0 Å². The average molecular weight is 470 g/mol. The van der Waals surface area contributed by atoms with Crippen molar-refractivity contribution in [1.29, 1.82) is 0 Å². The van der Waals surface area contributed by atoms with Crippen LogP contribution in [-0.4, -0.2) is 24.6 Å². The number of methoxy groups -OCH3 is 1. The second kappa shape index (κ2) is 9.18. The van der Waals surface area contributed by atoms with Crippen LogP contribution < -0.4 is 15.1 Å². The molecule has 3 rings (SSSR count). The van der Waals surface area contributed by atoms with Crippen LogP contribution >= 0.6 is 11.6 Å². The lowest BCUT2D eigenvalue weighted by atomic mass is 10.1. The molecular formula is C20H14ClF2NO8. The molecule has 0 aliphatic heterocycles. The van der Waals surface area contributed by atoms with Gasteiger partial charge in [0.05, 0.1) is 18.1 Å². The fourth-order valence-electron chi connectivity index (χ4n) is 2.90. The molecule has 0 bridgehead atoms. The highest BCUT2D eigenvalue weighted by Crippen LogP contribution is 2.36. The molecular weight excluding hydrogens is 456 g/mol. The molecule has 0 amide bonds. The lowest BCUT2D eigenvalue weighted by Gasteiger charge is -2.12. The van der Waals surface area contributed by atoms with Crippen LogP contribution in [0.1, 0.15) is 21.5 Å². The number of fused-ring (bicyclic) bond motifs is 1. The molecule has 0 fully saturated rings. The smallest absolute Gasteiger partial charge is 0.387 e. The SMILES string of the molecule is COc1cc(C(=O)OCc2cc(=O)oc3cc(C)c(Cl)cc23)c([N+](=O)[O-])cc1OC(F)F. The summed E-state index contributed by atoms with van der Waals surface area (Å²) in [6, 6.07) is 5.66. The van der Waals surface area contributed by atoms with E-state index < -0.39 is 46.7 Å². The molecule has 0 aliphatic rings. The van der Waals surface area contributed by atoms with Gasteiger partial charge in [0, 0.05) is 28.1 Å². The number of rotatable bonds is 7. The fourth-order valence-corrected chi connectivity index (χ4v) is 3.06. The van der Waals surface area contributed by atoms with Crippen LogP contribution in [-0.2, 0) is 11.3 Å². The van der Waals surface area contributed by atoms with E-state index in [-0.39, 0.29) is 16.9 Å². The zero-order valence-electron chi connectivity index (χ0n) is 16.5. The van der Waals surface area contributed by atoms with Gasteiger partial charge in [0.1, 0.15) is 17.8 Å². The van der Waals surface area contributed by atoms with Crippen LogP contribution in [0.25, 0.3) is 11.0 Å². The summed E-state index contributed by atoms with van der Waals surface area (Å²) in [7, 11) is 1.11. The third-order valence-corrected chi connectivity index (χ3v) is 4.79. The van der Waals surface area contributed by atoms with E-state index in [0.717, 1.165) is 19.2 Å². The monoisotopic (exact) mass is 469 g/mol. The lowest BCUT2D eigenvalue weighted by Crippen LogP contribution is -2.11. The summed E-state index contributed by atoms with van der Waals surface area (Å²) in [6.45, 7) is -2.01. The van der Waals surface area contributed by atoms with Gasteiger partial charge in [-0.2, -0.15) is 8.78 Å². The number of nitrogens with zero attached hydrogens (tertiary/aromatic N) is 1. The number of nitro benzene ring substituents is 1. The van der Waals surface area contributed by atoms with Crippen molar-refractivity contribution in [2.75, 3.05) is 7.11 Å². The van der Waals surface area contributed by atoms with Crippen molar-refractivity contribution in [2.45, 2.75) is 20.1 Å². The predicted octanol–water partition coefficient (Wildman–Crippen LogP) is 4.63. The molecule has 1 heterocycles. The van der Waals surface area contributed by atoms with E-state index in [2.05, 4.69) is 4.74 Å². The summed E-state index contributed by atoms with van der Waals surface area (Å²) in [4.78, 5) is 34.9. The highest BCUT2D eigenvalue weighted by molar-refractivity contribution is 6.32. The van der Waals surface area contributed by atoms with Crippen LogP contribution in [0.4, 0.5) is 14.5 Å². The second-order valence-electron chi connectivity index (χ2n) is 6.42. The maximum Gasteiger partial charge on any atom is 0.387 e. The Labute approximate surface area is 183 Å². The number of benzene rings is 2. The van der Waals surface area contributed by atoms with E-state index in [1.54, 1.807) is 13.0 Å². The zero-order chi connectivity index (χ0) is 23.6. The Bertz CT molecular complexity index is 1270. The number of alkyl halides is 2. The normalized spacial score (nSPS) is 10.9. The molecule has 32 heavy (non-hydrogen) atoms. The van der Waals surface area contributed by atoms with Crippen molar-refractivity contribution < 1.29 is 37.1 Å². The van der Waals surface area contributed by atoms with Crippen molar-refractivity contribution in [1.82, 2.24) is 0 Å². The quantitative estimate of drug-likeness (QED) is 0.213. The van der Waals surface area contributed by atoms with Crippen molar-refractivity contribution in [3.8, 4) is 11.5 Å². The van der Waals surface area contributed by atoms with Crippen molar-refractivity contribution in [3.05, 3.63) is 72.6 Å². The standard InChI is InChI=1S/C20H14ClF2NO8/c1-9-3-15-11(5-13(9)21)10(4-18(25)31-15)8-30-19(26)12-6-16(29-2)17(32-20(22)23)7-14(12)24(27)28/h3-7,20H,8H2,1-2H3. The minimum Gasteiger partial charge on any atom is -0.493 e. The fraction of sp³-hybridized carbons (Fsp3) is 0.200. The number of aryl methyl sites for hydroxylation is 1. The Balaban J connectivity index is 1.97. The Kier molecular flexibility index (Phi) is 6.58. The third kappa shape index (κ3) is 4.78. The molecule has 12 heteroatoms. The van der Waals surface area contributed by atoms with E-state index in [9.17, 15) is 28.5 Å². The number of ether oxygens (including phenoxy) is 3.